The summed E-state index contributed by atoms with van der Waals surface area (Å²) in [6, 6.07) is 5.30. The Morgan fingerprint density at radius 1 is 1.32 bits per heavy atom. The first-order chi connectivity index (χ1) is 10.4. The number of urea groups is 1. The smallest absolute Gasteiger partial charge is 0.319 e. The van der Waals surface area contributed by atoms with Crippen LogP contribution >= 0.6 is 11.3 Å². The van der Waals surface area contributed by atoms with Gasteiger partial charge >= 0.3 is 6.03 Å². The van der Waals surface area contributed by atoms with Gasteiger partial charge in [-0.3, -0.25) is 4.79 Å². The first-order valence-corrected chi connectivity index (χ1v) is 7.90. The third kappa shape index (κ3) is 4.42. The second-order valence-electron chi connectivity index (χ2n) is 5.67. The van der Waals surface area contributed by atoms with Crippen LogP contribution in [0.2, 0.25) is 0 Å². The lowest BCUT2D eigenvalue weighted by Gasteiger charge is -2.26. The standard InChI is InChI=1S/C15H20N4O2S/c1-15(2,7-6-13(20)16-3)19-14(21)18-10-4-5-11-12(8-10)22-9-17-11/h4-5,8-9H,6-7H2,1-3H3,(H,16,20)(H2,18,19,21). The summed E-state index contributed by atoms with van der Waals surface area (Å²) in [5, 5.41) is 8.27. The predicted molar refractivity (Wildman–Crippen MR) is 89.2 cm³/mol. The third-order valence-corrected chi connectivity index (χ3v) is 4.09. The Morgan fingerprint density at radius 3 is 2.82 bits per heavy atom. The molecule has 0 aliphatic heterocycles. The number of carbonyl (C=O) groups excluding carboxylic acids is 2. The number of carbonyl (C=O) groups is 2. The van der Waals surface area contributed by atoms with Crippen molar-refractivity contribution in [3.63, 3.8) is 0 Å². The Bertz CT molecular complexity index is 681. The van der Waals surface area contributed by atoms with Crippen LogP contribution in [0.4, 0.5) is 10.5 Å². The monoisotopic (exact) mass is 320 g/mol. The second-order valence-corrected chi connectivity index (χ2v) is 6.56. The molecule has 3 N–H and O–H groups in total. The van der Waals surface area contributed by atoms with Crippen LogP contribution in [-0.4, -0.2) is 29.5 Å². The Hall–Kier alpha value is -2.15. The minimum atomic E-state index is -0.467. The molecule has 0 radical (unpaired) electrons. The summed E-state index contributed by atoms with van der Waals surface area (Å²) in [6.07, 6.45) is 0.935. The molecule has 2 aromatic rings. The highest BCUT2D eigenvalue weighted by Gasteiger charge is 2.21. The molecule has 6 nitrogen and oxygen atoms in total. The van der Waals surface area contributed by atoms with Gasteiger partial charge in [-0.2, -0.15) is 0 Å². The van der Waals surface area contributed by atoms with E-state index in [4.69, 9.17) is 0 Å². The van der Waals surface area contributed by atoms with E-state index in [9.17, 15) is 9.59 Å². The van der Waals surface area contributed by atoms with Crippen molar-refractivity contribution in [3.05, 3.63) is 23.7 Å². The quantitative estimate of drug-likeness (QED) is 0.792. The van der Waals surface area contributed by atoms with Gasteiger partial charge in [-0.1, -0.05) is 0 Å². The van der Waals surface area contributed by atoms with Crippen molar-refractivity contribution < 1.29 is 9.59 Å². The molecule has 0 bridgehead atoms. The maximum absolute atomic E-state index is 12.1. The molecule has 0 fully saturated rings. The Kier molecular flexibility index (Phi) is 4.97. The van der Waals surface area contributed by atoms with Crippen LogP contribution in [0.5, 0.6) is 0 Å². The number of thiazole rings is 1. The van der Waals surface area contributed by atoms with Crippen LogP contribution in [0.1, 0.15) is 26.7 Å². The lowest BCUT2D eigenvalue weighted by Crippen LogP contribution is -2.46. The van der Waals surface area contributed by atoms with Crippen molar-refractivity contribution in [2.45, 2.75) is 32.2 Å². The highest BCUT2D eigenvalue weighted by Crippen LogP contribution is 2.22. The van der Waals surface area contributed by atoms with E-state index in [1.54, 1.807) is 12.6 Å². The summed E-state index contributed by atoms with van der Waals surface area (Å²) in [7, 11) is 1.60. The minimum Gasteiger partial charge on any atom is -0.359 e. The van der Waals surface area contributed by atoms with E-state index < -0.39 is 5.54 Å². The predicted octanol–water partition coefficient (Wildman–Crippen LogP) is 2.72. The molecule has 0 aliphatic rings. The molecule has 1 aromatic heterocycles. The highest BCUT2D eigenvalue weighted by atomic mass is 32.1. The summed E-state index contributed by atoms with van der Waals surface area (Å²) in [5.74, 6) is -0.0362. The fourth-order valence-electron chi connectivity index (χ4n) is 2.02. The molecular weight excluding hydrogens is 300 g/mol. The Morgan fingerprint density at radius 2 is 2.09 bits per heavy atom. The lowest BCUT2D eigenvalue weighted by molar-refractivity contribution is -0.120. The molecule has 0 atom stereocenters. The van der Waals surface area contributed by atoms with E-state index in [-0.39, 0.29) is 11.9 Å². The van der Waals surface area contributed by atoms with E-state index >= 15 is 0 Å². The molecule has 0 unspecified atom stereocenters. The van der Waals surface area contributed by atoms with Crippen molar-refractivity contribution in [1.82, 2.24) is 15.6 Å². The van der Waals surface area contributed by atoms with E-state index in [0.29, 0.717) is 12.8 Å². The number of anilines is 1. The van der Waals surface area contributed by atoms with Crippen molar-refractivity contribution >= 4 is 39.2 Å². The number of hydrogen-bond donors (Lipinski definition) is 3. The fourth-order valence-corrected chi connectivity index (χ4v) is 2.73. The van der Waals surface area contributed by atoms with Crippen LogP contribution in [-0.2, 0) is 4.79 Å². The highest BCUT2D eigenvalue weighted by molar-refractivity contribution is 7.16. The van der Waals surface area contributed by atoms with Crippen molar-refractivity contribution in [3.8, 4) is 0 Å². The maximum Gasteiger partial charge on any atom is 0.319 e. The molecule has 118 valence electrons. The number of fused-ring (bicyclic) bond motifs is 1. The first kappa shape index (κ1) is 16.2. The van der Waals surface area contributed by atoms with Gasteiger partial charge in [0, 0.05) is 24.7 Å². The van der Waals surface area contributed by atoms with Gasteiger partial charge in [-0.25, -0.2) is 9.78 Å². The number of amides is 3. The van der Waals surface area contributed by atoms with Gasteiger partial charge < -0.3 is 16.0 Å². The number of rotatable bonds is 5. The molecule has 1 aromatic carbocycles. The fraction of sp³-hybridized carbons (Fsp3) is 0.400. The Labute approximate surface area is 133 Å². The van der Waals surface area contributed by atoms with Crippen LogP contribution in [0.25, 0.3) is 10.2 Å². The largest absolute Gasteiger partial charge is 0.359 e. The van der Waals surface area contributed by atoms with E-state index in [2.05, 4.69) is 20.9 Å². The van der Waals surface area contributed by atoms with Crippen molar-refractivity contribution in [1.29, 1.82) is 0 Å². The topological polar surface area (TPSA) is 83.1 Å². The number of hydrogen-bond acceptors (Lipinski definition) is 4. The minimum absolute atomic E-state index is 0.0362. The second kappa shape index (κ2) is 6.74. The molecule has 0 saturated heterocycles. The zero-order chi connectivity index (χ0) is 16.2. The lowest BCUT2D eigenvalue weighted by atomic mass is 9.98. The Balaban J connectivity index is 1.92. The maximum atomic E-state index is 12.1. The average molecular weight is 320 g/mol. The molecular formula is C15H20N4O2S. The molecule has 3 amide bonds. The number of nitrogens with one attached hydrogen (secondary N) is 3. The number of benzene rings is 1. The molecule has 7 heteroatoms. The van der Waals surface area contributed by atoms with Gasteiger partial charge in [-0.15, -0.1) is 11.3 Å². The summed E-state index contributed by atoms with van der Waals surface area (Å²) in [6.45, 7) is 3.78. The van der Waals surface area contributed by atoms with Gasteiger partial charge in [0.15, 0.2) is 0 Å². The van der Waals surface area contributed by atoms with Crippen LogP contribution in [0.15, 0.2) is 23.7 Å². The van der Waals surface area contributed by atoms with Gasteiger partial charge in [0.1, 0.15) is 0 Å². The van der Waals surface area contributed by atoms with E-state index in [1.807, 2.05) is 32.0 Å². The normalized spacial score (nSPS) is 11.2. The molecule has 22 heavy (non-hydrogen) atoms. The van der Waals surface area contributed by atoms with Crippen molar-refractivity contribution in [2.75, 3.05) is 12.4 Å². The molecule has 2 rings (SSSR count). The summed E-state index contributed by atoms with van der Waals surface area (Å²) in [4.78, 5) is 27.6. The molecule has 1 heterocycles. The molecule has 0 spiro atoms. The first-order valence-electron chi connectivity index (χ1n) is 7.03. The van der Waals surface area contributed by atoms with Gasteiger partial charge in [0.2, 0.25) is 5.91 Å². The summed E-state index contributed by atoms with van der Waals surface area (Å²) in [5.41, 5.74) is 2.94. The zero-order valence-electron chi connectivity index (χ0n) is 12.9. The average Bonchev–Trinajstić information content (AvgIpc) is 2.91. The van der Waals surface area contributed by atoms with E-state index in [1.165, 1.54) is 11.3 Å². The third-order valence-electron chi connectivity index (χ3n) is 3.30. The van der Waals surface area contributed by atoms with Gasteiger partial charge in [-0.05, 0) is 38.5 Å². The van der Waals surface area contributed by atoms with Gasteiger partial charge in [0.25, 0.3) is 0 Å². The number of aromatic nitrogens is 1. The van der Waals surface area contributed by atoms with Gasteiger partial charge in [0.05, 0.1) is 15.7 Å². The van der Waals surface area contributed by atoms with E-state index in [0.717, 1.165) is 15.9 Å². The van der Waals surface area contributed by atoms with Crippen LogP contribution < -0.4 is 16.0 Å². The molecule has 0 saturated carbocycles. The van der Waals surface area contributed by atoms with Crippen LogP contribution in [0, 0.1) is 0 Å². The molecule has 0 aliphatic carbocycles. The van der Waals surface area contributed by atoms with Crippen LogP contribution in [0.3, 0.4) is 0 Å². The van der Waals surface area contributed by atoms with Crippen molar-refractivity contribution in [2.24, 2.45) is 0 Å². The SMILES string of the molecule is CNC(=O)CCC(C)(C)NC(=O)Nc1ccc2ncsc2c1. The summed E-state index contributed by atoms with van der Waals surface area (Å²) < 4.78 is 1.02. The number of nitrogens with zero attached hydrogens (tertiary/aromatic N) is 1. The zero-order valence-corrected chi connectivity index (χ0v) is 13.7. The summed E-state index contributed by atoms with van der Waals surface area (Å²) >= 11 is 1.53.